The van der Waals surface area contributed by atoms with E-state index in [1.165, 1.54) is 5.56 Å². The van der Waals surface area contributed by atoms with Gasteiger partial charge >= 0.3 is 13.1 Å². The summed E-state index contributed by atoms with van der Waals surface area (Å²) in [4.78, 5) is 12.2. The Balaban J connectivity index is 1.61. The van der Waals surface area contributed by atoms with E-state index in [0.29, 0.717) is 5.69 Å². The number of benzene rings is 2. The molecule has 1 saturated heterocycles. The van der Waals surface area contributed by atoms with E-state index in [2.05, 4.69) is 17.6 Å². The first kappa shape index (κ1) is 19.5. The van der Waals surface area contributed by atoms with Gasteiger partial charge in [-0.15, -0.1) is 0 Å². The van der Waals surface area contributed by atoms with Crippen LogP contribution < -0.4 is 16.1 Å². The molecule has 5 nitrogen and oxygen atoms in total. The minimum Gasteiger partial charge on any atom is -0.399 e. The summed E-state index contributed by atoms with van der Waals surface area (Å²) in [6, 6.07) is 15.1. The van der Waals surface area contributed by atoms with Crippen molar-refractivity contribution < 1.29 is 14.1 Å². The molecular formula is C21H27BN2O3. The van der Waals surface area contributed by atoms with Crippen LogP contribution in [0.1, 0.15) is 40.2 Å². The van der Waals surface area contributed by atoms with Gasteiger partial charge in [-0.05, 0) is 69.4 Å². The van der Waals surface area contributed by atoms with Crippen LogP contribution in [0.15, 0.2) is 48.5 Å². The fourth-order valence-electron chi connectivity index (χ4n) is 2.87. The van der Waals surface area contributed by atoms with Crippen LogP contribution in [-0.4, -0.2) is 24.4 Å². The molecule has 27 heavy (non-hydrogen) atoms. The van der Waals surface area contributed by atoms with E-state index in [1.807, 2.05) is 76.2 Å². The topological polar surface area (TPSA) is 59.6 Å². The summed E-state index contributed by atoms with van der Waals surface area (Å²) in [5, 5.41) is 5.70. The Morgan fingerprint density at radius 3 is 2.11 bits per heavy atom. The van der Waals surface area contributed by atoms with Gasteiger partial charge in [0.2, 0.25) is 0 Å². The fraction of sp³-hybridized carbons (Fsp3) is 0.381. The van der Waals surface area contributed by atoms with Gasteiger partial charge in [0.1, 0.15) is 0 Å². The molecule has 2 N–H and O–H groups in total. The maximum Gasteiger partial charge on any atom is 0.494 e. The first-order valence-electron chi connectivity index (χ1n) is 9.33. The number of carbonyl (C=O) groups is 1. The van der Waals surface area contributed by atoms with Gasteiger partial charge in [-0.3, -0.25) is 0 Å². The van der Waals surface area contributed by atoms with Crippen LogP contribution in [0.5, 0.6) is 0 Å². The lowest BCUT2D eigenvalue weighted by molar-refractivity contribution is 0.00578. The number of anilines is 2. The van der Waals surface area contributed by atoms with Crippen LogP contribution in [-0.2, 0) is 15.7 Å². The standard InChI is InChI=1S/C21H27BN2O3/c1-6-15-8-7-9-18(14-15)24-19(25)23-17-12-10-16(11-13-17)22-26-20(2,3)21(4,5)27-22/h7-14H,6H2,1-5H3,(H2,23,24,25). The molecule has 2 aromatic rings. The van der Waals surface area contributed by atoms with Gasteiger partial charge < -0.3 is 19.9 Å². The molecule has 0 radical (unpaired) electrons. The van der Waals surface area contributed by atoms with Gasteiger partial charge in [0, 0.05) is 11.4 Å². The third-order valence-corrected chi connectivity index (χ3v) is 5.29. The van der Waals surface area contributed by atoms with E-state index in [0.717, 1.165) is 17.6 Å². The lowest BCUT2D eigenvalue weighted by Crippen LogP contribution is -2.41. The molecule has 0 aromatic heterocycles. The van der Waals surface area contributed by atoms with E-state index in [-0.39, 0.29) is 17.2 Å². The summed E-state index contributed by atoms with van der Waals surface area (Å²) in [6.45, 7) is 10.2. The summed E-state index contributed by atoms with van der Waals surface area (Å²) < 4.78 is 12.1. The Kier molecular flexibility index (Phi) is 5.31. The molecule has 1 aliphatic rings. The summed E-state index contributed by atoms with van der Waals surface area (Å²) in [6.07, 6.45) is 0.928. The molecule has 0 unspecified atom stereocenters. The number of hydrogen-bond acceptors (Lipinski definition) is 3. The van der Waals surface area contributed by atoms with Crippen molar-refractivity contribution >= 4 is 30.0 Å². The van der Waals surface area contributed by atoms with Crippen molar-refractivity contribution in [2.24, 2.45) is 0 Å². The maximum absolute atomic E-state index is 12.2. The summed E-state index contributed by atoms with van der Waals surface area (Å²) in [7, 11) is -0.408. The lowest BCUT2D eigenvalue weighted by Gasteiger charge is -2.32. The van der Waals surface area contributed by atoms with E-state index >= 15 is 0 Å². The Hall–Kier alpha value is -2.31. The normalized spacial score (nSPS) is 17.6. The second-order valence-electron chi connectivity index (χ2n) is 7.84. The molecule has 0 spiro atoms. The van der Waals surface area contributed by atoms with Gasteiger partial charge in [0.25, 0.3) is 0 Å². The number of urea groups is 1. The van der Waals surface area contributed by atoms with Gasteiger partial charge in [-0.25, -0.2) is 4.79 Å². The Bertz CT molecular complexity index is 802. The van der Waals surface area contributed by atoms with E-state index in [4.69, 9.17) is 9.31 Å². The fourth-order valence-corrected chi connectivity index (χ4v) is 2.87. The van der Waals surface area contributed by atoms with Gasteiger partial charge in [-0.1, -0.05) is 31.2 Å². The van der Waals surface area contributed by atoms with Crippen molar-refractivity contribution in [2.75, 3.05) is 10.6 Å². The maximum atomic E-state index is 12.2. The Morgan fingerprint density at radius 2 is 1.52 bits per heavy atom. The molecule has 3 rings (SSSR count). The van der Waals surface area contributed by atoms with Crippen LogP contribution in [0.3, 0.4) is 0 Å². The number of hydrogen-bond donors (Lipinski definition) is 2. The van der Waals surface area contributed by atoms with Gasteiger partial charge in [0.05, 0.1) is 11.2 Å². The van der Waals surface area contributed by atoms with Crippen LogP contribution in [0.25, 0.3) is 0 Å². The number of nitrogens with one attached hydrogen (secondary N) is 2. The molecule has 1 heterocycles. The molecule has 2 amide bonds. The van der Waals surface area contributed by atoms with Crippen LogP contribution in [0, 0.1) is 0 Å². The minimum absolute atomic E-state index is 0.272. The lowest BCUT2D eigenvalue weighted by atomic mass is 9.79. The summed E-state index contributed by atoms with van der Waals surface area (Å²) in [5.41, 5.74) is 2.85. The molecule has 0 bridgehead atoms. The highest BCUT2D eigenvalue weighted by Crippen LogP contribution is 2.36. The predicted octanol–water partition coefficient (Wildman–Crippen LogP) is 4.19. The summed E-state index contributed by atoms with van der Waals surface area (Å²) in [5.74, 6) is 0. The molecule has 0 aliphatic carbocycles. The number of carbonyl (C=O) groups excluding carboxylic acids is 1. The number of aryl methyl sites for hydroxylation is 1. The average Bonchev–Trinajstić information content (AvgIpc) is 2.83. The quantitative estimate of drug-likeness (QED) is 0.798. The third-order valence-electron chi connectivity index (χ3n) is 5.29. The molecular weight excluding hydrogens is 339 g/mol. The van der Waals surface area contributed by atoms with Crippen molar-refractivity contribution in [2.45, 2.75) is 52.2 Å². The average molecular weight is 366 g/mol. The van der Waals surface area contributed by atoms with Crippen LogP contribution in [0.4, 0.5) is 16.2 Å². The highest BCUT2D eigenvalue weighted by molar-refractivity contribution is 6.62. The van der Waals surface area contributed by atoms with E-state index < -0.39 is 7.12 Å². The zero-order valence-corrected chi connectivity index (χ0v) is 16.6. The zero-order chi connectivity index (χ0) is 19.7. The second kappa shape index (κ2) is 7.37. The Labute approximate surface area is 161 Å². The highest BCUT2D eigenvalue weighted by Gasteiger charge is 2.51. The minimum atomic E-state index is -0.408. The summed E-state index contributed by atoms with van der Waals surface area (Å²) >= 11 is 0. The largest absolute Gasteiger partial charge is 0.494 e. The van der Waals surface area contributed by atoms with Crippen molar-refractivity contribution in [1.29, 1.82) is 0 Å². The zero-order valence-electron chi connectivity index (χ0n) is 16.6. The van der Waals surface area contributed by atoms with Crippen LogP contribution in [0.2, 0.25) is 0 Å². The van der Waals surface area contributed by atoms with Crippen molar-refractivity contribution in [3.05, 3.63) is 54.1 Å². The van der Waals surface area contributed by atoms with Crippen LogP contribution >= 0.6 is 0 Å². The number of rotatable bonds is 4. The van der Waals surface area contributed by atoms with Crippen molar-refractivity contribution in [1.82, 2.24) is 0 Å². The predicted molar refractivity (Wildman–Crippen MR) is 111 cm³/mol. The van der Waals surface area contributed by atoms with E-state index in [9.17, 15) is 4.79 Å². The number of amides is 2. The second-order valence-corrected chi connectivity index (χ2v) is 7.84. The monoisotopic (exact) mass is 366 g/mol. The third kappa shape index (κ3) is 4.34. The van der Waals surface area contributed by atoms with Crippen molar-refractivity contribution in [3.8, 4) is 0 Å². The first-order valence-corrected chi connectivity index (χ1v) is 9.33. The molecule has 142 valence electrons. The van der Waals surface area contributed by atoms with Crippen molar-refractivity contribution in [3.63, 3.8) is 0 Å². The van der Waals surface area contributed by atoms with E-state index in [1.54, 1.807) is 0 Å². The van der Waals surface area contributed by atoms with Gasteiger partial charge in [-0.2, -0.15) is 0 Å². The molecule has 2 aromatic carbocycles. The molecule has 1 aliphatic heterocycles. The molecule has 6 heteroatoms. The molecule has 0 atom stereocenters. The molecule has 1 fully saturated rings. The Morgan fingerprint density at radius 1 is 0.926 bits per heavy atom. The molecule has 0 saturated carbocycles. The SMILES string of the molecule is CCc1cccc(NC(=O)Nc2ccc(B3OC(C)(C)C(C)(C)O3)cc2)c1. The smallest absolute Gasteiger partial charge is 0.399 e. The van der Waals surface area contributed by atoms with Gasteiger partial charge in [0.15, 0.2) is 0 Å². The highest BCUT2D eigenvalue weighted by atomic mass is 16.7. The first-order chi connectivity index (χ1) is 12.7.